The molecule has 10 nitrogen and oxygen atoms in total. The number of aromatic nitrogens is 1. The van der Waals surface area contributed by atoms with Crippen LogP contribution >= 0.6 is 0 Å². The predicted molar refractivity (Wildman–Crippen MR) is 158 cm³/mol. The van der Waals surface area contributed by atoms with Crippen LogP contribution in [0.15, 0.2) is 55.4 Å². The fraction of sp³-hybridized carbons (Fsp3) is 0.567. The van der Waals surface area contributed by atoms with E-state index in [0.717, 1.165) is 55.4 Å². The molecule has 5 heterocycles. The number of nitrogens with one attached hydrogen (secondary N) is 1. The van der Waals surface area contributed by atoms with E-state index in [1.54, 1.807) is 12.3 Å². The van der Waals surface area contributed by atoms with Crippen molar-refractivity contribution < 1.29 is 9.21 Å². The van der Waals surface area contributed by atoms with E-state index >= 15 is 0 Å². The van der Waals surface area contributed by atoms with Gasteiger partial charge in [0.1, 0.15) is 5.76 Å². The van der Waals surface area contributed by atoms with Crippen LogP contribution in [0.3, 0.4) is 0 Å². The minimum atomic E-state index is -0.313. The maximum Gasteiger partial charge on any atom is 0.291 e. The Hall–Kier alpha value is -3.37. The quantitative estimate of drug-likeness (QED) is 0.563. The van der Waals surface area contributed by atoms with Gasteiger partial charge in [0, 0.05) is 49.4 Å². The van der Waals surface area contributed by atoms with Crippen LogP contribution < -0.4 is 10.3 Å². The van der Waals surface area contributed by atoms with E-state index in [4.69, 9.17) is 9.41 Å². The van der Waals surface area contributed by atoms with Crippen LogP contribution in [-0.4, -0.2) is 77.8 Å². The molecule has 0 radical (unpaired) electrons. The molecular weight excluding hydrogens is 504 g/mol. The van der Waals surface area contributed by atoms with Crippen LogP contribution in [0.2, 0.25) is 0 Å². The highest BCUT2D eigenvalue weighted by molar-refractivity contribution is 6.02. The first-order chi connectivity index (χ1) is 18.9. The second-order valence-corrected chi connectivity index (χ2v) is 12.9. The van der Waals surface area contributed by atoms with Crippen LogP contribution in [0.5, 0.6) is 0 Å². The Morgan fingerprint density at radius 1 is 1.07 bits per heavy atom. The van der Waals surface area contributed by atoms with Gasteiger partial charge in [-0.25, -0.2) is 5.01 Å². The Balaban J connectivity index is 1.24. The number of anilines is 2. The Labute approximate surface area is 237 Å². The number of pyridine rings is 1. The fourth-order valence-electron chi connectivity index (χ4n) is 5.35. The molecule has 1 saturated heterocycles. The average molecular weight is 547 g/mol. The number of furan rings is 1. The molecule has 2 aromatic heterocycles. The predicted octanol–water partition coefficient (Wildman–Crippen LogP) is 5.23. The van der Waals surface area contributed by atoms with Gasteiger partial charge in [0.05, 0.1) is 42.1 Å². The molecule has 1 amide bonds. The van der Waals surface area contributed by atoms with E-state index in [0.29, 0.717) is 24.8 Å². The number of carbonyl (C=O) groups excluding carboxylic acids is 1. The highest BCUT2D eigenvalue weighted by atomic mass is 16.4. The molecular formula is C30H42N8O2. The van der Waals surface area contributed by atoms with Crippen molar-refractivity contribution in [2.75, 3.05) is 49.6 Å². The van der Waals surface area contributed by atoms with Gasteiger partial charge in [-0.2, -0.15) is 0 Å². The van der Waals surface area contributed by atoms with Crippen molar-refractivity contribution in [3.8, 4) is 0 Å². The molecule has 1 atom stereocenters. The van der Waals surface area contributed by atoms with Crippen molar-refractivity contribution in [3.05, 3.63) is 52.9 Å². The highest BCUT2D eigenvalue weighted by Gasteiger charge is 2.31. The summed E-state index contributed by atoms with van der Waals surface area (Å²) in [7, 11) is 0. The van der Waals surface area contributed by atoms with Gasteiger partial charge >= 0.3 is 0 Å². The monoisotopic (exact) mass is 546 g/mol. The highest BCUT2D eigenvalue weighted by Crippen LogP contribution is 2.31. The molecule has 0 bridgehead atoms. The van der Waals surface area contributed by atoms with E-state index in [-0.39, 0.29) is 22.6 Å². The Kier molecular flexibility index (Phi) is 7.67. The number of amides is 1. The van der Waals surface area contributed by atoms with Crippen molar-refractivity contribution in [3.63, 3.8) is 0 Å². The lowest BCUT2D eigenvalue weighted by Gasteiger charge is -2.44. The number of hydrogen-bond donors (Lipinski definition) is 1. The summed E-state index contributed by atoms with van der Waals surface area (Å²) in [6.45, 7) is 20.4. The summed E-state index contributed by atoms with van der Waals surface area (Å²) in [5.74, 6) is 0.722. The van der Waals surface area contributed by atoms with E-state index < -0.39 is 0 Å². The Morgan fingerprint density at radius 3 is 2.50 bits per heavy atom. The standard InChI is InChI=1S/C30H42N8O2/c1-20-25(15-22(17-32-20)33-28(39)26-8-9-27(40-26)29(2,3)4)38-19-24(34-35-38)21-14-23(18-31-16-21)36-10-12-37(13-11-36)30(5,6)7/h8-9,15,17-18,23H,10-14,16,19H2,1-7H3,(H,33,39)/b24-21-. The van der Waals surface area contributed by atoms with Crippen LogP contribution in [0.1, 0.15) is 70.0 Å². The van der Waals surface area contributed by atoms with Crippen molar-refractivity contribution >= 4 is 23.5 Å². The fourth-order valence-corrected chi connectivity index (χ4v) is 5.35. The van der Waals surface area contributed by atoms with Crippen LogP contribution in [0.25, 0.3) is 0 Å². The maximum absolute atomic E-state index is 12.8. The molecule has 5 rings (SSSR count). The van der Waals surface area contributed by atoms with E-state index in [1.807, 2.05) is 44.8 Å². The first-order valence-electron chi connectivity index (χ1n) is 14.2. The number of carbonyl (C=O) groups is 1. The molecule has 0 spiro atoms. The van der Waals surface area contributed by atoms with E-state index in [1.165, 1.54) is 5.57 Å². The van der Waals surface area contributed by atoms with Gasteiger partial charge in [-0.15, -0.1) is 5.11 Å². The van der Waals surface area contributed by atoms with Gasteiger partial charge < -0.3 is 9.73 Å². The number of aliphatic imine (C=N–C) groups is 1. The van der Waals surface area contributed by atoms with Crippen molar-refractivity contribution in [1.29, 1.82) is 0 Å². The number of hydrogen-bond acceptors (Lipinski definition) is 9. The van der Waals surface area contributed by atoms with E-state index in [9.17, 15) is 4.79 Å². The third-order valence-electron chi connectivity index (χ3n) is 7.89. The van der Waals surface area contributed by atoms with Crippen LogP contribution in [-0.2, 0) is 5.41 Å². The van der Waals surface area contributed by atoms with Crippen molar-refractivity contribution in [2.24, 2.45) is 15.3 Å². The maximum atomic E-state index is 12.8. The molecule has 3 aliphatic rings. The zero-order chi connectivity index (χ0) is 28.7. The molecule has 1 fully saturated rings. The van der Waals surface area contributed by atoms with E-state index in [2.05, 4.69) is 57.4 Å². The third-order valence-corrected chi connectivity index (χ3v) is 7.89. The number of piperazine rings is 1. The van der Waals surface area contributed by atoms with Gasteiger partial charge in [-0.1, -0.05) is 26.0 Å². The van der Waals surface area contributed by atoms with Gasteiger partial charge in [0.15, 0.2) is 5.76 Å². The summed E-state index contributed by atoms with van der Waals surface area (Å²) in [6, 6.07) is 5.73. The van der Waals surface area contributed by atoms with Crippen molar-refractivity contribution in [2.45, 2.75) is 71.9 Å². The Bertz CT molecular complexity index is 1340. The van der Waals surface area contributed by atoms with Gasteiger partial charge in [-0.3, -0.25) is 24.6 Å². The number of nitrogens with zero attached hydrogens (tertiary/aromatic N) is 7. The SMILES string of the molecule is Cc1ncc(NC(=O)c2ccc(C(C)(C)C)o2)cc1N1C/C(=C2/CN=CC(N3CCN(C(C)(C)C)CC3)C2)N=N1. The van der Waals surface area contributed by atoms with Gasteiger partial charge in [0.2, 0.25) is 0 Å². The topological polar surface area (TPSA) is 102 Å². The molecule has 10 heteroatoms. The van der Waals surface area contributed by atoms with Crippen LogP contribution in [0.4, 0.5) is 11.4 Å². The second-order valence-electron chi connectivity index (χ2n) is 12.9. The summed E-state index contributed by atoms with van der Waals surface area (Å²) < 4.78 is 5.79. The molecule has 0 aliphatic carbocycles. The summed E-state index contributed by atoms with van der Waals surface area (Å²) >= 11 is 0. The molecule has 40 heavy (non-hydrogen) atoms. The van der Waals surface area contributed by atoms with Crippen LogP contribution in [0, 0.1) is 6.92 Å². The van der Waals surface area contributed by atoms with Crippen molar-refractivity contribution in [1.82, 2.24) is 14.8 Å². The second kappa shape index (κ2) is 10.9. The molecule has 0 aromatic carbocycles. The molecule has 214 valence electrons. The molecule has 0 saturated carbocycles. The third kappa shape index (κ3) is 6.18. The summed E-state index contributed by atoms with van der Waals surface area (Å²) in [5, 5.41) is 13.8. The number of rotatable bonds is 4. The number of aryl methyl sites for hydroxylation is 1. The first-order valence-corrected chi connectivity index (χ1v) is 14.2. The molecule has 3 aliphatic heterocycles. The lowest BCUT2D eigenvalue weighted by molar-refractivity contribution is 0.0543. The zero-order valence-corrected chi connectivity index (χ0v) is 24.9. The van der Waals surface area contributed by atoms with Gasteiger partial charge in [0.25, 0.3) is 5.91 Å². The summed E-state index contributed by atoms with van der Waals surface area (Å²) in [5.41, 5.74) is 4.43. The van der Waals surface area contributed by atoms with Gasteiger partial charge in [-0.05, 0) is 57.9 Å². The minimum absolute atomic E-state index is 0.172. The normalized spacial score (nSPS) is 22.8. The Morgan fingerprint density at radius 2 is 1.82 bits per heavy atom. The summed E-state index contributed by atoms with van der Waals surface area (Å²) in [6.07, 6.45) is 4.69. The zero-order valence-electron chi connectivity index (χ0n) is 24.9. The lowest BCUT2D eigenvalue weighted by atomic mass is 9.94. The minimum Gasteiger partial charge on any atom is -0.455 e. The largest absolute Gasteiger partial charge is 0.455 e. The smallest absolute Gasteiger partial charge is 0.291 e. The first kappa shape index (κ1) is 28.2. The molecule has 2 aromatic rings. The average Bonchev–Trinajstić information content (AvgIpc) is 3.60. The molecule has 1 N–H and O–H groups in total. The molecule has 1 unspecified atom stereocenters. The summed E-state index contributed by atoms with van der Waals surface area (Å²) in [4.78, 5) is 27.2. The lowest BCUT2D eigenvalue weighted by Crippen LogP contribution is -2.56.